The third-order valence-electron chi connectivity index (χ3n) is 2.77. The zero-order chi connectivity index (χ0) is 14.5. The van der Waals surface area contributed by atoms with Crippen LogP contribution in [0.5, 0.6) is 5.75 Å². The van der Waals surface area contributed by atoms with E-state index in [0.717, 1.165) is 11.4 Å². The first-order valence-corrected chi connectivity index (χ1v) is 6.99. The number of nitrogen functional groups attached to an aromatic ring is 1. The van der Waals surface area contributed by atoms with Crippen LogP contribution in [0.25, 0.3) is 0 Å². The molecule has 0 fully saturated rings. The van der Waals surface area contributed by atoms with E-state index < -0.39 is 0 Å². The molecule has 0 unspecified atom stereocenters. The largest absolute Gasteiger partial charge is 0.492 e. The molecule has 0 aromatic heterocycles. The van der Waals surface area contributed by atoms with E-state index in [0.29, 0.717) is 28.9 Å². The standard InChI is InChI=1S/C15H16Cl2N2O/c1-10-3-2-4-11(7-10)20-6-5-19-15-9-13(17)12(16)8-14(15)18/h2-4,7-9,19H,5-6,18H2,1H3. The molecule has 0 aliphatic carbocycles. The summed E-state index contributed by atoms with van der Waals surface area (Å²) in [5.74, 6) is 0.855. The molecule has 0 aliphatic heterocycles. The molecule has 0 heterocycles. The molecular formula is C15H16Cl2N2O. The quantitative estimate of drug-likeness (QED) is 0.636. The van der Waals surface area contributed by atoms with E-state index in [1.807, 2.05) is 31.2 Å². The monoisotopic (exact) mass is 310 g/mol. The van der Waals surface area contributed by atoms with Crippen molar-refractivity contribution in [2.45, 2.75) is 6.92 Å². The third kappa shape index (κ3) is 3.95. The lowest BCUT2D eigenvalue weighted by molar-refractivity contribution is 0.332. The number of ether oxygens (including phenoxy) is 1. The summed E-state index contributed by atoms with van der Waals surface area (Å²) in [6.45, 7) is 3.18. The van der Waals surface area contributed by atoms with Crippen LogP contribution in [-0.2, 0) is 0 Å². The number of halogens is 2. The molecule has 20 heavy (non-hydrogen) atoms. The zero-order valence-electron chi connectivity index (χ0n) is 11.1. The van der Waals surface area contributed by atoms with Crippen LogP contribution in [0.2, 0.25) is 10.0 Å². The number of anilines is 2. The molecule has 0 spiro atoms. The molecule has 0 bridgehead atoms. The molecule has 2 aromatic rings. The van der Waals surface area contributed by atoms with Crippen LogP contribution in [0, 0.1) is 6.92 Å². The van der Waals surface area contributed by atoms with Gasteiger partial charge < -0.3 is 15.8 Å². The summed E-state index contributed by atoms with van der Waals surface area (Å²) in [5.41, 5.74) is 8.35. The van der Waals surface area contributed by atoms with Crippen molar-refractivity contribution in [2.24, 2.45) is 0 Å². The summed E-state index contributed by atoms with van der Waals surface area (Å²) in [4.78, 5) is 0. The van der Waals surface area contributed by atoms with Crippen molar-refractivity contribution in [3.8, 4) is 5.75 Å². The van der Waals surface area contributed by atoms with E-state index in [1.54, 1.807) is 12.1 Å². The molecule has 3 N–H and O–H groups in total. The predicted molar refractivity (Wildman–Crippen MR) is 86.0 cm³/mol. The smallest absolute Gasteiger partial charge is 0.119 e. The summed E-state index contributed by atoms with van der Waals surface area (Å²) in [6.07, 6.45) is 0. The topological polar surface area (TPSA) is 47.3 Å². The maximum absolute atomic E-state index is 5.95. The van der Waals surface area contributed by atoms with Crippen molar-refractivity contribution in [3.63, 3.8) is 0 Å². The Morgan fingerprint density at radius 3 is 2.65 bits per heavy atom. The van der Waals surface area contributed by atoms with Gasteiger partial charge in [-0.2, -0.15) is 0 Å². The lowest BCUT2D eigenvalue weighted by Crippen LogP contribution is -2.12. The molecule has 2 rings (SSSR count). The van der Waals surface area contributed by atoms with Crippen molar-refractivity contribution < 1.29 is 4.74 Å². The lowest BCUT2D eigenvalue weighted by Gasteiger charge is -2.12. The van der Waals surface area contributed by atoms with Gasteiger partial charge >= 0.3 is 0 Å². The predicted octanol–water partition coefficient (Wildman–Crippen LogP) is 4.37. The molecule has 0 aliphatic rings. The van der Waals surface area contributed by atoms with Crippen molar-refractivity contribution in [1.29, 1.82) is 0 Å². The fourth-order valence-corrected chi connectivity index (χ4v) is 2.11. The number of hydrogen-bond donors (Lipinski definition) is 2. The fourth-order valence-electron chi connectivity index (χ4n) is 1.78. The minimum atomic E-state index is 0.450. The fraction of sp³-hybridized carbons (Fsp3) is 0.200. The second-order valence-corrected chi connectivity index (χ2v) is 5.26. The summed E-state index contributed by atoms with van der Waals surface area (Å²) in [6, 6.07) is 11.3. The minimum absolute atomic E-state index is 0.450. The van der Waals surface area contributed by atoms with Crippen LogP contribution in [-0.4, -0.2) is 13.2 Å². The van der Waals surface area contributed by atoms with E-state index in [1.165, 1.54) is 5.56 Å². The number of nitrogens with two attached hydrogens (primary N) is 1. The van der Waals surface area contributed by atoms with Crippen LogP contribution in [0.4, 0.5) is 11.4 Å². The highest BCUT2D eigenvalue weighted by atomic mass is 35.5. The van der Waals surface area contributed by atoms with Gasteiger partial charge in [0.25, 0.3) is 0 Å². The Morgan fingerprint density at radius 2 is 1.90 bits per heavy atom. The van der Waals surface area contributed by atoms with E-state index in [-0.39, 0.29) is 0 Å². The van der Waals surface area contributed by atoms with Crippen LogP contribution in [0.15, 0.2) is 36.4 Å². The number of nitrogens with one attached hydrogen (secondary N) is 1. The normalized spacial score (nSPS) is 10.3. The lowest BCUT2D eigenvalue weighted by atomic mass is 10.2. The highest BCUT2D eigenvalue weighted by molar-refractivity contribution is 6.42. The van der Waals surface area contributed by atoms with E-state index in [9.17, 15) is 0 Å². The average molecular weight is 311 g/mol. The molecule has 0 amide bonds. The van der Waals surface area contributed by atoms with Gasteiger partial charge in [0.15, 0.2) is 0 Å². The molecule has 106 valence electrons. The van der Waals surface area contributed by atoms with Crippen molar-refractivity contribution in [1.82, 2.24) is 0 Å². The molecule has 0 saturated heterocycles. The summed E-state index contributed by atoms with van der Waals surface area (Å²) in [5, 5.41) is 4.10. The summed E-state index contributed by atoms with van der Waals surface area (Å²) < 4.78 is 5.64. The average Bonchev–Trinajstić information content (AvgIpc) is 2.40. The van der Waals surface area contributed by atoms with Gasteiger partial charge in [-0.25, -0.2) is 0 Å². The summed E-state index contributed by atoms with van der Waals surface area (Å²) >= 11 is 11.8. The number of rotatable bonds is 5. The Bertz CT molecular complexity index is 602. The van der Waals surface area contributed by atoms with E-state index in [2.05, 4.69) is 5.32 Å². The van der Waals surface area contributed by atoms with Gasteiger partial charge in [0.05, 0.1) is 21.4 Å². The van der Waals surface area contributed by atoms with Crippen molar-refractivity contribution >= 4 is 34.6 Å². The van der Waals surface area contributed by atoms with Gasteiger partial charge in [0.1, 0.15) is 12.4 Å². The maximum atomic E-state index is 5.95. The van der Waals surface area contributed by atoms with E-state index >= 15 is 0 Å². The Hall–Kier alpha value is -1.58. The second kappa shape index (κ2) is 6.73. The maximum Gasteiger partial charge on any atom is 0.119 e. The Kier molecular flexibility index (Phi) is 4.99. The first-order valence-electron chi connectivity index (χ1n) is 6.24. The van der Waals surface area contributed by atoms with E-state index in [4.69, 9.17) is 33.7 Å². The van der Waals surface area contributed by atoms with Gasteiger partial charge in [-0.3, -0.25) is 0 Å². The Morgan fingerprint density at radius 1 is 1.15 bits per heavy atom. The van der Waals surface area contributed by atoms with Gasteiger partial charge in [0.2, 0.25) is 0 Å². The highest BCUT2D eigenvalue weighted by Gasteiger charge is 2.04. The van der Waals surface area contributed by atoms with Crippen LogP contribution < -0.4 is 15.8 Å². The molecule has 0 atom stereocenters. The van der Waals surface area contributed by atoms with Crippen molar-refractivity contribution in [2.75, 3.05) is 24.2 Å². The number of hydrogen-bond acceptors (Lipinski definition) is 3. The van der Waals surface area contributed by atoms with Gasteiger partial charge in [-0.1, -0.05) is 35.3 Å². The molecule has 3 nitrogen and oxygen atoms in total. The zero-order valence-corrected chi connectivity index (χ0v) is 12.6. The first kappa shape index (κ1) is 14.8. The van der Waals surface area contributed by atoms with Crippen molar-refractivity contribution in [3.05, 3.63) is 52.0 Å². The van der Waals surface area contributed by atoms with Gasteiger partial charge in [0, 0.05) is 6.54 Å². The highest BCUT2D eigenvalue weighted by Crippen LogP contribution is 2.30. The van der Waals surface area contributed by atoms with Gasteiger partial charge in [-0.15, -0.1) is 0 Å². The minimum Gasteiger partial charge on any atom is -0.492 e. The second-order valence-electron chi connectivity index (χ2n) is 4.45. The molecular weight excluding hydrogens is 295 g/mol. The number of benzene rings is 2. The van der Waals surface area contributed by atoms with Crippen LogP contribution in [0.1, 0.15) is 5.56 Å². The molecule has 0 saturated carbocycles. The SMILES string of the molecule is Cc1cccc(OCCNc2cc(Cl)c(Cl)cc2N)c1. The Labute approximate surface area is 128 Å². The van der Waals surface area contributed by atoms with Crippen LogP contribution >= 0.6 is 23.2 Å². The molecule has 5 heteroatoms. The first-order chi connectivity index (χ1) is 9.56. The van der Waals surface area contributed by atoms with Crippen LogP contribution in [0.3, 0.4) is 0 Å². The molecule has 0 radical (unpaired) electrons. The van der Waals surface area contributed by atoms with Gasteiger partial charge in [-0.05, 0) is 36.8 Å². The Balaban J connectivity index is 1.86. The number of aryl methyl sites for hydroxylation is 1. The third-order valence-corrected chi connectivity index (χ3v) is 3.49. The molecule has 2 aromatic carbocycles. The summed E-state index contributed by atoms with van der Waals surface area (Å²) in [7, 11) is 0.